The Morgan fingerprint density at radius 1 is 1.08 bits per heavy atom. The Morgan fingerprint density at radius 3 is 2.56 bits per heavy atom. The zero-order valence-electron chi connectivity index (χ0n) is 20.5. The highest BCUT2D eigenvalue weighted by Crippen LogP contribution is 2.44. The van der Waals surface area contributed by atoms with Crippen molar-refractivity contribution in [3.63, 3.8) is 0 Å². The highest BCUT2D eigenvalue weighted by molar-refractivity contribution is 8.00. The average Bonchev–Trinajstić information content (AvgIpc) is 3.65. The molecule has 1 unspecified atom stereocenters. The first-order chi connectivity index (χ1) is 18.9. The van der Waals surface area contributed by atoms with Gasteiger partial charge in [-0.2, -0.15) is 0 Å². The van der Waals surface area contributed by atoms with E-state index in [-0.39, 0.29) is 16.5 Å². The second kappa shape index (κ2) is 10.1. The second-order valence-corrected chi connectivity index (χ2v) is 11.2. The Bertz CT molecular complexity index is 1710. The summed E-state index contributed by atoms with van der Waals surface area (Å²) >= 11 is 2.64. The number of hydrogen-bond donors (Lipinski definition) is 1. The highest BCUT2D eigenvalue weighted by Gasteiger charge is 2.46. The lowest BCUT2D eigenvalue weighted by Gasteiger charge is -2.23. The number of thioether (sulfide) groups is 1. The number of amides is 1. The molecule has 1 aliphatic rings. The molecule has 0 saturated heterocycles. The number of halogens is 1. The molecule has 0 bridgehead atoms. The molecule has 5 aromatic rings. The van der Waals surface area contributed by atoms with E-state index in [0.717, 1.165) is 5.56 Å². The number of aliphatic hydroxyl groups excluding tert-OH is 1. The quantitative estimate of drug-likeness (QED) is 0.133. The van der Waals surface area contributed by atoms with Crippen LogP contribution in [-0.2, 0) is 10.5 Å². The number of ketones is 1. The SMILES string of the molecule is Cc1ccc(CSc2nnc(N3C(=O)C(O)=C(C(=O)c4cc5ccccc5o4)C3c3ccc(F)cc3)s2)cc1. The number of anilines is 1. The van der Waals surface area contributed by atoms with Crippen molar-refractivity contribution in [3.05, 3.63) is 118 Å². The molecule has 1 aliphatic heterocycles. The number of carbonyl (C=O) groups excluding carboxylic acids is 2. The molecule has 0 fully saturated rings. The Kier molecular flexibility index (Phi) is 6.49. The summed E-state index contributed by atoms with van der Waals surface area (Å²) in [5.41, 5.74) is 3.04. The van der Waals surface area contributed by atoms with E-state index in [4.69, 9.17) is 4.42 Å². The molecule has 0 radical (unpaired) electrons. The van der Waals surface area contributed by atoms with Crippen LogP contribution >= 0.6 is 23.1 Å². The van der Waals surface area contributed by atoms with Crippen molar-refractivity contribution in [2.75, 3.05) is 4.90 Å². The summed E-state index contributed by atoms with van der Waals surface area (Å²) in [6, 6.07) is 21.2. The van der Waals surface area contributed by atoms with Gasteiger partial charge < -0.3 is 9.52 Å². The Labute approximate surface area is 230 Å². The van der Waals surface area contributed by atoms with E-state index in [0.29, 0.717) is 26.6 Å². The molecule has 0 saturated carbocycles. The number of fused-ring (bicyclic) bond motifs is 1. The number of rotatable bonds is 7. The van der Waals surface area contributed by atoms with Gasteiger partial charge in [-0.15, -0.1) is 10.2 Å². The molecule has 0 aliphatic carbocycles. The standard InChI is InChI=1S/C29H20FN3O4S2/c1-16-6-8-17(9-7-16)15-38-29-32-31-28(39-29)33-24(18-10-12-20(30)13-11-18)23(26(35)27(33)36)25(34)22-14-19-4-2-3-5-21(19)37-22/h2-14,24,35H,15H2,1H3. The number of para-hydroxylation sites is 1. The molecular weight excluding hydrogens is 537 g/mol. The van der Waals surface area contributed by atoms with E-state index < -0.39 is 29.3 Å². The molecule has 39 heavy (non-hydrogen) atoms. The third kappa shape index (κ3) is 4.73. The Balaban J connectivity index is 1.35. The van der Waals surface area contributed by atoms with Crippen LogP contribution in [0.2, 0.25) is 0 Å². The van der Waals surface area contributed by atoms with Gasteiger partial charge in [-0.25, -0.2) is 4.39 Å². The number of benzene rings is 3. The number of furan rings is 1. The minimum absolute atomic E-state index is 0.0221. The van der Waals surface area contributed by atoms with Crippen LogP contribution < -0.4 is 4.90 Å². The van der Waals surface area contributed by atoms with Crippen LogP contribution in [-0.4, -0.2) is 27.0 Å². The van der Waals surface area contributed by atoms with Crippen LogP contribution in [0.4, 0.5) is 9.52 Å². The van der Waals surface area contributed by atoms with Gasteiger partial charge in [-0.3, -0.25) is 14.5 Å². The van der Waals surface area contributed by atoms with Gasteiger partial charge in [0.2, 0.25) is 10.9 Å². The normalized spacial score (nSPS) is 15.5. The van der Waals surface area contributed by atoms with Gasteiger partial charge in [-0.1, -0.05) is 83.3 Å². The third-order valence-corrected chi connectivity index (χ3v) is 8.50. The molecule has 0 spiro atoms. The van der Waals surface area contributed by atoms with E-state index in [1.165, 1.54) is 57.8 Å². The van der Waals surface area contributed by atoms with E-state index in [1.54, 1.807) is 24.3 Å². The van der Waals surface area contributed by atoms with Crippen LogP contribution in [0.3, 0.4) is 0 Å². The topological polar surface area (TPSA) is 96.5 Å². The van der Waals surface area contributed by atoms with E-state index in [9.17, 15) is 19.1 Å². The smallest absolute Gasteiger partial charge is 0.296 e. The maximum Gasteiger partial charge on any atom is 0.296 e. The molecule has 3 aromatic carbocycles. The summed E-state index contributed by atoms with van der Waals surface area (Å²) < 4.78 is 20.1. The van der Waals surface area contributed by atoms with E-state index in [1.807, 2.05) is 37.3 Å². The van der Waals surface area contributed by atoms with E-state index >= 15 is 0 Å². The first kappa shape index (κ1) is 25.0. The summed E-state index contributed by atoms with van der Waals surface area (Å²) in [5.74, 6) is -1.99. The lowest BCUT2D eigenvalue weighted by Crippen LogP contribution is -2.31. The van der Waals surface area contributed by atoms with Gasteiger partial charge >= 0.3 is 0 Å². The average molecular weight is 558 g/mol. The van der Waals surface area contributed by atoms with Gasteiger partial charge in [0.15, 0.2) is 15.9 Å². The number of nitrogens with zero attached hydrogens (tertiary/aromatic N) is 3. The van der Waals surface area contributed by atoms with Gasteiger partial charge in [-0.05, 0) is 42.3 Å². The van der Waals surface area contributed by atoms with Crippen molar-refractivity contribution >= 4 is 50.9 Å². The fourth-order valence-electron chi connectivity index (χ4n) is 4.41. The molecule has 3 heterocycles. The second-order valence-electron chi connectivity index (χ2n) is 8.99. The van der Waals surface area contributed by atoms with Crippen LogP contribution in [0.15, 0.2) is 99.0 Å². The molecule has 1 N–H and O–H groups in total. The zero-order chi connectivity index (χ0) is 27.1. The molecule has 7 nitrogen and oxygen atoms in total. The maximum absolute atomic E-state index is 13.8. The number of hydrogen-bond acceptors (Lipinski definition) is 8. The number of aryl methyl sites for hydroxylation is 1. The third-order valence-electron chi connectivity index (χ3n) is 6.37. The predicted octanol–water partition coefficient (Wildman–Crippen LogP) is 6.81. The Morgan fingerprint density at radius 2 is 1.82 bits per heavy atom. The first-order valence-corrected chi connectivity index (χ1v) is 13.8. The van der Waals surface area contributed by atoms with Crippen molar-refractivity contribution in [2.24, 2.45) is 0 Å². The molecule has 10 heteroatoms. The molecule has 194 valence electrons. The van der Waals surface area contributed by atoms with Crippen LogP contribution in [0, 0.1) is 12.7 Å². The summed E-state index contributed by atoms with van der Waals surface area (Å²) in [4.78, 5) is 28.3. The summed E-state index contributed by atoms with van der Waals surface area (Å²) in [5, 5.41) is 20.3. The van der Waals surface area contributed by atoms with Crippen molar-refractivity contribution in [1.29, 1.82) is 0 Å². The van der Waals surface area contributed by atoms with Crippen LogP contribution in [0.1, 0.15) is 33.3 Å². The summed E-state index contributed by atoms with van der Waals surface area (Å²) in [6.07, 6.45) is 0. The van der Waals surface area contributed by atoms with Crippen LogP contribution in [0.5, 0.6) is 0 Å². The number of aliphatic hydroxyl groups is 1. The summed E-state index contributed by atoms with van der Waals surface area (Å²) in [6.45, 7) is 2.02. The first-order valence-electron chi connectivity index (χ1n) is 12.0. The van der Waals surface area contributed by atoms with Crippen molar-refractivity contribution in [3.8, 4) is 0 Å². The minimum atomic E-state index is -1.05. The van der Waals surface area contributed by atoms with Crippen molar-refractivity contribution in [1.82, 2.24) is 10.2 Å². The highest BCUT2D eigenvalue weighted by atomic mass is 32.2. The maximum atomic E-state index is 13.8. The molecule has 6 rings (SSSR count). The van der Waals surface area contributed by atoms with Gasteiger partial charge in [0.1, 0.15) is 11.4 Å². The van der Waals surface area contributed by atoms with Gasteiger partial charge in [0, 0.05) is 11.1 Å². The lowest BCUT2D eigenvalue weighted by molar-refractivity contribution is -0.117. The fraction of sp³-hybridized carbons (Fsp3) is 0.103. The Hall–Kier alpha value is -4.28. The molecule has 1 atom stereocenters. The van der Waals surface area contributed by atoms with Crippen LogP contribution in [0.25, 0.3) is 11.0 Å². The van der Waals surface area contributed by atoms with Gasteiger partial charge in [0.05, 0.1) is 11.6 Å². The van der Waals surface area contributed by atoms with Crippen molar-refractivity contribution in [2.45, 2.75) is 23.1 Å². The number of carbonyl (C=O) groups is 2. The molecule has 1 amide bonds. The monoisotopic (exact) mass is 557 g/mol. The number of aromatic nitrogens is 2. The van der Waals surface area contributed by atoms with Gasteiger partial charge in [0.25, 0.3) is 5.91 Å². The largest absolute Gasteiger partial charge is 0.503 e. The number of Topliss-reactive ketones (excluding diaryl/α,β-unsaturated/α-hetero) is 1. The molecular formula is C29H20FN3O4S2. The zero-order valence-corrected chi connectivity index (χ0v) is 22.1. The lowest BCUT2D eigenvalue weighted by atomic mass is 9.95. The molecule has 2 aromatic heterocycles. The predicted molar refractivity (Wildman–Crippen MR) is 147 cm³/mol. The van der Waals surface area contributed by atoms with Crippen molar-refractivity contribution < 1.29 is 23.5 Å². The minimum Gasteiger partial charge on any atom is -0.503 e. The van der Waals surface area contributed by atoms with E-state index in [2.05, 4.69) is 10.2 Å². The summed E-state index contributed by atoms with van der Waals surface area (Å²) in [7, 11) is 0. The fourth-order valence-corrected chi connectivity index (χ4v) is 6.23.